The Kier molecular flexibility index (Phi) is 3.65. The zero-order valence-electron chi connectivity index (χ0n) is 14.1. The van der Waals surface area contributed by atoms with Crippen molar-refractivity contribution in [3.63, 3.8) is 0 Å². The normalized spacial score (nSPS) is 11.3. The lowest BCUT2D eigenvalue weighted by molar-refractivity contribution is 1.18. The largest absolute Gasteiger partial charge is 0.309 e. The van der Waals surface area contributed by atoms with Crippen LogP contribution in [0, 0.1) is 0 Å². The molecule has 0 saturated heterocycles. The van der Waals surface area contributed by atoms with Gasteiger partial charge in [0, 0.05) is 26.5 Å². The fraction of sp³-hybridized carbons (Fsp3) is 0. The highest BCUT2D eigenvalue weighted by atomic mass is 79.9. The summed E-state index contributed by atoms with van der Waals surface area (Å²) in [6, 6.07) is 34.3. The molecule has 124 valence electrons. The van der Waals surface area contributed by atoms with Gasteiger partial charge in [-0.3, -0.25) is 0 Å². The summed E-state index contributed by atoms with van der Waals surface area (Å²) in [5.74, 6) is 0. The molecule has 1 aromatic heterocycles. The van der Waals surface area contributed by atoms with E-state index in [1.807, 2.05) is 0 Å². The van der Waals surface area contributed by atoms with Crippen molar-refractivity contribution in [1.29, 1.82) is 0 Å². The van der Waals surface area contributed by atoms with E-state index in [4.69, 9.17) is 0 Å². The summed E-state index contributed by atoms with van der Waals surface area (Å²) in [5, 5.41) is 2.56. The highest BCUT2D eigenvalue weighted by molar-refractivity contribution is 9.10. The van der Waals surface area contributed by atoms with Gasteiger partial charge in [0.25, 0.3) is 0 Å². The van der Waals surface area contributed by atoms with E-state index in [0.29, 0.717) is 0 Å². The van der Waals surface area contributed by atoms with Crippen LogP contribution in [0.5, 0.6) is 0 Å². The van der Waals surface area contributed by atoms with Gasteiger partial charge in [0.05, 0.1) is 11.0 Å². The van der Waals surface area contributed by atoms with Gasteiger partial charge in [0.1, 0.15) is 0 Å². The third kappa shape index (κ3) is 2.38. The summed E-state index contributed by atoms with van der Waals surface area (Å²) >= 11 is 3.63. The first kappa shape index (κ1) is 15.4. The first-order valence-electron chi connectivity index (χ1n) is 8.66. The number of hydrogen-bond donors (Lipinski definition) is 0. The number of hydrogen-bond acceptors (Lipinski definition) is 0. The minimum Gasteiger partial charge on any atom is -0.309 e. The van der Waals surface area contributed by atoms with Crippen LogP contribution in [-0.4, -0.2) is 4.57 Å². The number of nitrogens with zero attached hydrogens (tertiary/aromatic N) is 1. The second kappa shape index (κ2) is 6.15. The molecule has 0 N–H and O–H groups in total. The van der Waals surface area contributed by atoms with Gasteiger partial charge in [0.15, 0.2) is 0 Å². The minimum absolute atomic E-state index is 1.08. The van der Waals surface area contributed by atoms with Gasteiger partial charge in [0.2, 0.25) is 0 Å². The summed E-state index contributed by atoms with van der Waals surface area (Å²) in [7, 11) is 0. The van der Waals surface area contributed by atoms with Gasteiger partial charge in [-0.25, -0.2) is 0 Å². The van der Waals surface area contributed by atoms with Crippen molar-refractivity contribution in [2.24, 2.45) is 0 Å². The van der Waals surface area contributed by atoms with Crippen LogP contribution in [0.1, 0.15) is 0 Å². The second-order valence-corrected chi connectivity index (χ2v) is 7.32. The van der Waals surface area contributed by atoms with Crippen LogP contribution in [-0.2, 0) is 0 Å². The van der Waals surface area contributed by atoms with E-state index >= 15 is 0 Å². The molecule has 0 aliphatic rings. The SMILES string of the molecule is Brc1cccc(-n2c3ccccc3c3cccc(-c4ccccc4)c32)c1. The van der Waals surface area contributed by atoms with Crippen molar-refractivity contribution in [1.82, 2.24) is 4.57 Å². The molecule has 5 aromatic rings. The maximum atomic E-state index is 3.63. The Hall–Kier alpha value is -2.84. The van der Waals surface area contributed by atoms with Crippen LogP contribution in [0.25, 0.3) is 38.6 Å². The van der Waals surface area contributed by atoms with E-state index in [1.165, 1.54) is 32.9 Å². The summed E-state index contributed by atoms with van der Waals surface area (Å²) in [6.45, 7) is 0. The van der Waals surface area contributed by atoms with Crippen LogP contribution in [0.2, 0.25) is 0 Å². The summed E-state index contributed by atoms with van der Waals surface area (Å²) in [4.78, 5) is 0. The van der Waals surface area contributed by atoms with Crippen molar-refractivity contribution < 1.29 is 0 Å². The number of rotatable bonds is 2. The molecule has 5 rings (SSSR count). The molecule has 0 radical (unpaired) electrons. The molecular formula is C24H16BrN. The molecule has 26 heavy (non-hydrogen) atoms. The fourth-order valence-electron chi connectivity index (χ4n) is 3.75. The van der Waals surface area contributed by atoms with Crippen LogP contribution in [0.3, 0.4) is 0 Å². The Bertz CT molecular complexity index is 1240. The zero-order valence-corrected chi connectivity index (χ0v) is 15.6. The van der Waals surface area contributed by atoms with Gasteiger partial charge >= 0.3 is 0 Å². The van der Waals surface area contributed by atoms with E-state index in [1.54, 1.807) is 0 Å². The summed E-state index contributed by atoms with van der Waals surface area (Å²) in [5.41, 5.74) is 6.12. The zero-order chi connectivity index (χ0) is 17.5. The van der Waals surface area contributed by atoms with Crippen LogP contribution < -0.4 is 0 Å². The maximum absolute atomic E-state index is 3.63. The topological polar surface area (TPSA) is 4.93 Å². The number of benzene rings is 4. The van der Waals surface area contributed by atoms with E-state index in [2.05, 4.69) is 118 Å². The van der Waals surface area contributed by atoms with Crippen molar-refractivity contribution in [2.45, 2.75) is 0 Å². The van der Waals surface area contributed by atoms with Gasteiger partial charge in [-0.15, -0.1) is 0 Å². The van der Waals surface area contributed by atoms with Gasteiger partial charge in [-0.05, 0) is 29.8 Å². The Labute approximate surface area is 160 Å². The molecule has 1 nitrogen and oxygen atoms in total. The van der Waals surface area contributed by atoms with Crippen molar-refractivity contribution >= 4 is 37.7 Å². The lowest BCUT2D eigenvalue weighted by atomic mass is 10.0. The highest BCUT2D eigenvalue weighted by Gasteiger charge is 2.15. The molecule has 0 saturated carbocycles. The molecule has 0 unspecified atom stereocenters. The molecule has 0 spiro atoms. The van der Waals surface area contributed by atoms with Crippen molar-refractivity contribution in [3.05, 3.63) is 102 Å². The number of para-hydroxylation sites is 2. The average Bonchev–Trinajstić information content (AvgIpc) is 3.03. The maximum Gasteiger partial charge on any atom is 0.0619 e. The quantitative estimate of drug-likeness (QED) is 0.296. The smallest absolute Gasteiger partial charge is 0.0619 e. The summed E-state index contributed by atoms with van der Waals surface area (Å²) < 4.78 is 3.45. The Morgan fingerprint density at radius 3 is 2.19 bits per heavy atom. The summed E-state index contributed by atoms with van der Waals surface area (Å²) in [6.07, 6.45) is 0. The van der Waals surface area contributed by atoms with Gasteiger partial charge in [-0.2, -0.15) is 0 Å². The molecular weight excluding hydrogens is 382 g/mol. The third-order valence-corrected chi connectivity index (χ3v) is 5.34. The van der Waals surface area contributed by atoms with Gasteiger partial charge in [-0.1, -0.05) is 88.7 Å². The molecule has 0 fully saturated rings. The molecule has 1 heterocycles. The molecule has 0 amide bonds. The monoisotopic (exact) mass is 397 g/mol. The Balaban J connectivity index is 1.98. The van der Waals surface area contributed by atoms with Crippen LogP contribution >= 0.6 is 15.9 Å². The molecule has 4 aromatic carbocycles. The van der Waals surface area contributed by atoms with Gasteiger partial charge < -0.3 is 4.57 Å². The lowest BCUT2D eigenvalue weighted by Crippen LogP contribution is -1.95. The first-order valence-corrected chi connectivity index (χ1v) is 9.46. The highest BCUT2D eigenvalue weighted by Crippen LogP contribution is 2.38. The Morgan fingerprint density at radius 1 is 0.615 bits per heavy atom. The van der Waals surface area contributed by atoms with Crippen molar-refractivity contribution in [3.8, 4) is 16.8 Å². The van der Waals surface area contributed by atoms with E-state index in [-0.39, 0.29) is 0 Å². The van der Waals surface area contributed by atoms with Crippen LogP contribution in [0.15, 0.2) is 102 Å². The molecule has 0 bridgehead atoms. The van der Waals surface area contributed by atoms with Crippen LogP contribution in [0.4, 0.5) is 0 Å². The lowest BCUT2D eigenvalue weighted by Gasteiger charge is -2.12. The number of aromatic nitrogens is 1. The van der Waals surface area contributed by atoms with Crippen molar-refractivity contribution in [2.75, 3.05) is 0 Å². The molecule has 0 atom stereocenters. The first-order chi connectivity index (χ1) is 12.8. The van der Waals surface area contributed by atoms with E-state index in [9.17, 15) is 0 Å². The third-order valence-electron chi connectivity index (χ3n) is 4.85. The Morgan fingerprint density at radius 2 is 1.35 bits per heavy atom. The minimum atomic E-state index is 1.08. The average molecular weight is 398 g/mol. The molecule has 0 aliphatic carbocycles. The predicted molar refractivity (Wildman–Crippen MR) is 114 cm³/mol. The fourth-order valence-corrected chi connectivity index (χ4v) is 4.14. The van der Waals surface area contributed by atoms with E-state index in [0.717, 1.165) is 10.2 Å². The standard InChI is InChI=1S/C24H16BrN/c25-18-10-6-11-19(16-18)26-23-15-5-4-12-21(23)22-14-7-13-20(24(22)26)17-8-2-1-3-9-17/h1-16H. The molecule has 0 aliphatic heterocycles. The van der Waals surface area contributed by atoms with E-state index < -0.39 is 0 Å². The predicted octanol–water partition coefficient (Wildman–Crippen LogP) is 7.21. The number of halogens is 1. The number of fused-ring (bicyclic) bond motifs is 3. The second-order valence-electron chi connectivity index (χ2n) is 6.40. The molecule has 2 heteroatoms.